The second kappa shape index (κ2) is 5.41. The average Bonchev–Trinajstić information content (AvgIpc) is 3.28. The molecule has 0 aliphatic rings. The number of aromatic nitrogens is 2. The van der Waals surface area contributed by atoms with Crippen LogP contribution in [-0.4, -0.2) is 17.1 Å². The summed E-state index contributed by atoms with van der Waals surface area (Å²) in [6.45, 7) is 0. The molecule has 0 saturated carbocycles. The van der Waals surface area contributed by atoms with Crippen LogP contribution in [0.3, 0.4) is 0 Å². The molecule has 0 unspecified atom stereocenters. The first kappa shape index (κ1) is 15.6. The number of benzene rings is 2. The summed E-state index contributed by atoms with van der Waals surface area (Å²) in [7, 11) is 1.57. The Hall–Kier alpha value is -3.67. The van der Waals surface area contributed by atoms with E-state index in [1.165, 1.54) is 12.1 Å². The summed E-state index contributed by atoms with van der Waals surface area (Å²) in [5, 5.41) is 1.36. The molecule has 27 heavy (non-hydrogen) atoms. The van der Waals surface area contributed by atoms with Gasteiger partial charge in [-0.25, -0.2) is 4.39 Å². The Bertz CT molecular complexity index is 1420. The monoisotopic (exact) mass is 360 g/mol. The fourth-order valence-corrected chi connectivity index (χ4v) is 3.64. The Labute approximate surface area is 151 Å². The van der Waals surface area contributed by atoms with Gasteiger partial charge in [0.05, 0.1) is 7.11 Å². The lowest BCUT2D eigenvalue weighted by Crippen LogP contribution is -2.34. The predicted octanol–water partition coefficient (Wildman–Crippen LogP) is 3.73. The second-order valence-electron chi connectivity index (χ2n) is 6.41. The molecule has 0 radical (unpaired) electrons. The number of hydrogen-bond donors (Lipinski definition) is 2. The number of aromatic amines is 2. The smallest absolute Gasteiger partial charge is 0.235 e. The van der Waals surface area contributed by atoms with Crippen molar-refractivity contribution in [2.24, 2.45) is 0 Å². The Morgan fingerprint density at radius 2 is 1.37 bits per heavy atom. The van der Waals surface area contributed by atoms with Crippen LogP contribution in [0.25, 0.3) is 44.1 Å². The normalized spacial score (nSPS) is 11.6. The van der Waals surface area contributed by atoms with E-state index < -0.39 is 16.7 Å². The SMILES string of the molecule is COc1ccc2[nH]cc(-c3c(-c4c[nH]c5ccc(F)cc45)c(=O)c3=O)c2c1. The van der Waals surface area contributed by atoms with Gasteiger partial charge in [-0.15, -0.1) is 0 Å². The molecule has 0 aliphatic heterocycles. The standard InChI is InChI=1S/C21H13FN2O3/c1-27-11-3-5-17-13(7-11)15(9-24-17)19-18(20(25)21(19)26)14-8-23-16-4-2-10(22)6-12(14)16/h2-9,23-24H,1H3. The lowest BCUT2D eigenvalue weighted by Gasteiger charge is -2.10. The van der Waals surface area contributed by atoms with Crippen LogP contribution in [0, 0.1) is 5.82 Å². The Morgan fingerprint density at radius 1 is 0.815 bits per heavy atom. The Balaban J connectivity index is 1.79. The van der Waals surface area contributed by atoms with Gasteiger partial charge in [-0.3, -0.25) is 9.59 Å². The van der Waals surface area contributed by atoms with Crippen LogP contribution in [0.15, 0.2) is 58.4 Å². The van der Waals surface area contributed by atoms with Crippen molar-refractivity contribution in [3.63, 3.8) is 0 Å². The molecule has 2 heterocycles. The van der Waals surface area contributed by atoms with Crippen molar-refractivity contribution >= 4 is 21.8 Å². The summed E-state index contributed by atoms with van der Waals surface area (Å²) >= 11 is 0. The molecule has 0 saturated heterocycles. The van der Waals surface area contributed by atoms with E-state index in [4.69, 9.17) is 4.74 Å². The number of H-pyrrole nitrogens is 2. The highest BCUT2D eigenvalue weighted by Crippen LogP contribution is 2.37. The molecule has 5 aromatic rings. The summed E-state index contributed by atoms with van der Waals surface area (Å²) in [5.74, 6) is 0.248. The number of nitrogens with one attached hydrogen (secondary N) is 2. The maximum atomic E-state index is 13.7. The molecule has 0 bridgehead atoms. The van der Waals surface area contributed by atoms with Crippen molar-refractivity contribution < 1.29 is 9.13 Å². The van der Waals surface area contributed by atoms with Gasteiger partial charge < -0.3 is 14.7 Å². The first-order valence-corrected chi connectivity index (χ1v) is 8.34. The minimum absolute atomic E-state index is 0.306. The molecule has 2 N–H and O–H groups in total. The van der Waals surface area contributed by atoms with Gasteiger partial charge in [0.2, 0.25) is 10.9 Å². The minimum atomic E-state index is -0.563. The minimum Gasteiger partial charge on any atom is -0.497 e. The molecule has 2 aromatic heterocycles. The molecular weight excluding hydrogens is 347 g/mol. The van der Waals surface area contributed by atoms with Crippen molar-refractivity contribution in [2.45, 2.75) is 0 Å². The maximum absolute atomic E-state index is 13.7. The molecule has 0 amide bonds. The quantitative estimate of drug-likeness (QED) is 0.482. The summed E-state index contributed by atoms with van der Waals surface area (Å²) in [6.07, 6.45) is 3.35. The van der Waals surface area contributed by atoms with Gasteiger partial charge >= 0.3 is 0 Å². The van der Waals surface area contributed by atoms with Crippen LogP contribution < -0.4 is 15.6 Å². The van der Waals surface area contributed by atoms with Crippen molar-refractivity contribution in [3.05, 3.63) is 75.1 Å². The largest absolute Gasteiger partial charge is 0.497 e. The van der Waals surface area contributed by atoms with E-state index in [2.05, 4.69) is 9.97 Å². The zero-order valence-corrected chi connectivity index (χ0v) is 14.2. The van der Waals surface area contributed by atoms with E-state index in [0.717, 1.165) is 10.9 Å². The lowest BCUT2D eigenvalue weighted by molar-refractivity contribution is 0.415. The van der Waals surface area contributed by atoms with Crippen LogP contribution in [0.1, 0.15) is 0 Å². The number of rotatable bonds is 3. The molecule has 0 aliphatic carbocycles. The van der Waals surface area contributed by atoms with E-state index in [1.807, 2.05) is 18.2 Å². The van der Waals surface area contributed by atoms with Crippen molar-refractivity contribution in [3.8, 4) is 28.0 Å². The zero-order valence-electron chi connectivity index (χ0n) is 14.2. The van der Waals surface area contributed by atoms with Gasteiger partial charge in [0.15, 0.2) is 0 Å². The van der Waals surface area contributed by atoms with Crippen molar-refractivity contribution in [1.82, 2.24) is 9.97 Å². The van der Waals surface area contributed by atoms with Gasteiger partial charge in [0, 0.05) is 56.5 Å². The van der Waals surface area contributed by atoms with E-state index in [9.17, 15) is 14.0 Å². The van der Waals surface area contributed by atoms with Crippen LogP contribution in [0.2, 0.25) is 0 Å². The van der Waals surface area contributed by atoms with Gasteiger partial charge in [-0.2, -0.15) is 0 Å². The lowest BCUT2D eigenvalue weighted by atomic mass is 9.89. The Morgan fingerprint density at radius 3 is 1.96 bits per heavy atom. The first-order valence-electron chi connectivity index (χ1n) is 8.34. The zero-order chi connectivity index (χ0) is 18.7. The highest BCUT2D eigenvalue weighted by molar-refractivity contribution is 6.06. The van der Waals surface area contributed by atoms with Crippen LogP contribution >= 0.6 is 0 Å². The van der Waals surface area contributed by atoms with E-state index in [-0.39, 0.29) is 0 Å². The van der Waals surface area contributed by atoms with E-state index in [0.29, 0.717) is 38.9 Å². The van der Waals surface area contributed by atoms with Crippen LogP contribution in [0.5, 0.6) is 5.75 Å². The summed E-state index contributed by atoms with van der Waals surface area (Å²) in [4.78, 5) is 31.0. The second-order valence-corrected chi connectivity index (χ2v) is 6.41. The molecule has 5 nitrogen and oxygen atoms in total. The van der Waals surface area contributed by atoms with Crippen LogP contribution in [-0.2, 0) is 0 Å². The summed E-state index contributed by atoms with van der Waals surface area (Å²) in [5.41, 5.74) is 2.23. The van der Waals surface area contributed by atoms with Gasteiger partial charge in [0.1, 0.15) is 11.6 Å². The van der Waals surface area contributed by atoms with Gasteiger partial charge in [-0.05, 0) is 36.4 Å². The third kappa shape index (κ3) is 2.10. The molecular formula is C21H13FN2O3. The maximum Gasteiger partial charge on any atom is 0.235 e. The topological polar surface area (TPSA) is 75.0 Å². The van der Waals surface area contributed by atoms with E-state index >= 15 is 0 Å². The van der Waals surface area contributed by atoms with Gasteiger partial charge in [0.25, 0.3) is 0 Å². The van der Waals surface area contributed by atoms with Crippen LogP contribution in [0.4, 0.5) is 4.39 Å². The molecule has 0 spiro atoms. The summed E-state index contributed by atoms with van der Waals surface area (Å²) in [6, 6.07) is 9.79. The molecule has 0 fully saturated rings. The molecule has 6 heteroatoms. The fourth-order valence-electron chi connectivity index (χ4n) is 3.64. The molecule has 3 aromatic carbocycles. The molecule has 5 rings (SSSR count). The average molecular weight is 360 g/mol. The van der Waals surface area contributed by atoms with Gasteiger partial charge in [-0.1, -0.05) is 0 Å². The highest BCUT2D eigenvalue weighted by Gasteiger charge is 2.27. The van der Waals surface area contributed by atoms with Crippen molar-refractivity contribution in [2.75, 3.05) is 7.11 Å². The number of methoxy groups -OCH3 is 1. The van der Waals surface area contributed by atoms with E-state index in [1.54, 1.807) is 25.6 Å². The predicted molar refractivity (Wildman–Crippen MR) is 102 cm³/mol. The van der Waals surface area contributed by atoms with Crippen molar-refractivity contribution in [1.29, 1.82) is 0 Å². The first-order chi connectivity index (χ1) is 13.1. The highest BCUT2D eigenvalue weighted by atomic mass is 19.1. The number of hydrogen-bond acceptors (Lipinski definition) is 3. The fraction of sp³-hybridized carbons (Fsp3) is 0.0476. The Kier molecular flexibility index (Phi) is 3.12. The third-order valence-corrected chi connectivity index (χ3v) is 4.98. The molecule has 0 atom stereocenters. The number of ether oxygens (including phenoxy) is 1. The number of halogens is 1. The number of fused-ring (bicyclic) bond motifs is 2. The third-order valence-electron chi connectivity index (χ3n) is 4.98. The molecule has 132 valence electrons. The summed E-state index contributed by atoms with van der Waals surface area (Å²) < 4.78 is 19.0.